The van der Waals surface area contributed by atoms with E-state index in [2.05, 4.69) is 5.32 Å². The molecular formula is C16H12Cl3NO3. The summed E-state index contributed by atoms with van der Waals surface area (Å²) in [5.41, 5.74) is 0.808. The number of nitrogens with one attached hydrogen (secondary N) is 1. The second-order valence-electron chi connectivity index (χ2n) is 4.47. The summed E-state index contributed by atoms with van der Waals surface area (Å²) in [6.45, 7) is 1.98. The fraction of sp³-hybridized carbons (Fsp3) is 0.125. The molecule has 2 aromatic carbocycles. The van der Waals surface area contributed by atoms with Gasteiger partial charge in [0.25, 0.3) is 5.91 Å². The number of carbonyl (C=O) groups excluding carboxylic acids is 2. The van der Waals surface area contributed by atoms with Gasteiger partial charge in [-0.1, -0.05) is 40.9 Å². The lowest BCUT2D eigenvalue weighted by atomic mass is 10.1. The predicted octanol–water partition coefficient (Wildman–Crippen LogP) is 5.08. The van der Waals surface area contributed by atoms with Crippen LogP contribution in [0.3, 0.4) is 0 Å². The van der Waals surface area contributed by atoms with E-state index in [9.17, 15) is 9.59 Å². The fourth-order valence-corrected chi connectivity index (χ4v) is 2.57. The molecule has 0 fully saturated rings. The van der Waals surface area contributed by atoms with Crippen molar-refractivity contribution in [3.05, 3.63) is 62.6 Å². The van der Waals surface area contributed by atoms with Crippen molar-refractivity contribution in [1.82, 2.24) is 0 Å². The number of ether oxygens (including phenoxy) is 1. The van der Waals surface area contributed by atoms with Crippen molar-refractivity contribution in [2.24, 2.45) is 0 Å². The molecule has 0 radical (unpaired) electrons. The van der Waals surface area contributed by atoms with Gasteiger partial charge in [-0.15, -0.1) is 0 Å². The molecule has 7 heteroatoms. The first-order valence-corrected chi connectivity index (χ1v) is 7.79. The van der Waals surface area contributed by atoms with Crippen molar-refractivity contribution in [2.75, 3.05) is 11.9 Å². The predicted molar refractivity (Wildman–Crippen MR) is 91.8 cm³/mol. The molecule has 120 valence electrons. The van der Waals surface area contributed by atoms with E-state index in [1.165, 1.54) is 18.2 Å². The summed E-state index contributed by atoms with van der Waals surface area (Å²) in [5, 5.41) is 3.10. The van der Waals surface area contributed by atoms with Crippen molar-refractivity contribution in [3.63, 3.8) is 0 Å². The Kier molecular flexibility index (Phi) is 5.88. The zero-order valence-electron chi connectivity index (χ0n) is 12.0. The van der Waals surface area contributed by atoms with E-state index in [1.807, 2.05) is 0 Å². The van der Waals surface area contributed by atoms with Gasteiger partial charge in [-0.25, -0.2) is 4.79 Å². The Balaban J connectivity index is 2.26. The lowest BCUT2D eigenvalue weighted by Gasteiger charge is -2.10. The first kappa shape index (κ1) is 17.6. The Hall–Kier alpha value is -1.75. The van der Waals surface area contributed by atoms with Gasteiger partial charge in [-0.05, 0) is 37.3 Å². The van der Waals surface area contributed by atoms with Crippen LogP contribution < -0.4 is 5.32 Å². The van der Waals surface area contributed by atoms with Crippen LogP contribution in [-0.2, 0) is 4.74 Å². The van der Waals surface area contributed by atoms with Crippen LogP contribution in [0.4, 0.5) is 5.69 Å². The van der Waals surface area contributed by atoms with Crippen molar-refractivity contribution < 1.29 is 14.3 Å². The normalized spacial score (nSPS) is 10.3. The summed E-state index contributed by atoms with van der Waals surface area (Å²) in [7, 11) is 0. The van der Waals surface area contributed by atoms with Crippen LogP contribution in [0.1, 0.15) is 27.6 Å². The van der Waals surface area contributed by atoms with Gasteiger partial charge in [0.15, 0.2) is 0 Å². The van der Waals surface area contributed by atoms with Crippen molar-refractivity contribution in [1.29, 1.82) is 0 Å². The molecule has 0 aliphatic rings. The van der Waals surface area contributed by atoms with E-state index < -0.39 is 11.9 Å². The van der Waals surface area contributed by atoms with E-state index in [-0.39, 0.29) is 27.2 Å². The quantitative estimate of drug-likeness (QED) is 0.602. The molecule has 2 aromatic rings. The summed E-state index contributed by atoms with van der Waals surface area (Å²) in [5.74, 6) is -0.995. The lowest BCUT2D eigenvalue weighted by molar-refractivity contribution is 0.0526. The van der Waals surface area contributed by atoms with Gasteiger partial charge in [0.2, 0.25) is 0 Å². The van der Waals surface area contributed by atoms with Gasteiger partial charge >= 0.3 is 5.97 Å². The zero-order chi connectivity index (χ0) is 17.0. The van der Waals surface area contributed by atoms with Crippen molar-refractivity contribution in [2.45, 2.75) is 6.92 Å². The molecule has 1 N–H and O–H groups in total. The number of anilines is 1. The van der Waals surface area contributed by atoms with Crippen molar-refractivity contribution >= 4 is 52.4 Å². The molecule has 0 unspecified atom stereocenters. The summed E-state index contributed by atoms with van der Waals surface area (Å²) >= 11 is 17.9. The van der Waals surface area contributed by atoms with Gasteiger partial charge in [-0.2, -0.15) is 0 Å². The van der Waals surface area contributed by atoms with Crippen LogP contribution in [0.5, 0.6) is 0 Å². The third kappa shape index (κ3) is 4.16. The number of esters is 1. The van der Waals surface area contributed by atoms with Crippen LogP contribution >= 0.6 is 34.8 Å². The van der Waals surface area contributed by atoms with Gasteiger partial charge in [-0.3, -0.25) is 4.79 Å². The molecule has 2 rings (SSSR count). The molecular weight excluding hydrogens is 361 g/mol. The highest BCUT2D eigenvalue weighted by Crippen LogP contribution is 2.32. The molecule has 0 saturated carbocycles. The van der Waals surface area contributed by atoms with Crippen LogP contribution in [0.15, 0.2) is 36.4 Å². The Bertz CT molecular complexity index is 762. The number of benzene rings is 2. The van der Waals surface area contributed by atoms with Gasteiger partial charge in [0.05, 0.1) is 32.8 Å². The van der Waals surface area contributed by atoms with Gasteiger partial charge in [0.1, 0.15) is 0 Å². The highest BCUT2D eigenvalue weighted by atomic mass is 35.5. The van der Waals surface area contributed by atoms with Crippen LogP contribution in [0.2, 0.25) is 15.1 Å². The second-order valence-corrected chi connectivity index (χ2v) is 5.67. The first-order valence-electron chi connectivity index (χ1n) is 6.66. The van der Waals surface area contributed by atoms with Crippen LogP contribution in [0, 0.1) is 0 Å². The topological polar surface area (TPSA) is 55.4 Å². The maximum Gasteiger partial charge on any atom is 0.338 e. The minimum atomic E-state index is -0.525. The Labute approximate surface area is 148 Å². The van der Waals surface area contributed by atoms with E-state index in [4.69, 9.17) is 39.5 Å². The number of rotatable bonds is 4. The van der Waals surface area contributed by atoms with E-state index in [0.29, 0.717) is 11.3 Å². The summed E-state index contributed by atoms with van der Waals surface area (Å²) < 4.78 is 4.92. The highest BCUT2D eigenvalue weighted by molar-refractivity contribution is 6.46. The average Bonchev–Trinajstić information content (AvgIpc) is 2.52. The van der Waals surface area contributed by atoms with Crippen molar-refractivity contribution in [3.8, 4) is 0 Å². The third-order valence-electron chi connectivity index (χ3n) is 2.90. The molecule has 0 aromatic heterocycles. The van der Waals surface area contributed by atoms with E-state index in [0.717, 1.165) is 0 Å². The minimum absolute atomic E-state index is 0.0678. The molecule has 0 heterocycles. The molecule has 1 amide bonds. The van der Waals surface area contributed by atoms with E-state index in [1.54, 1.807) is 25.1 Å². The number of halogens is 3. The molecule has 0 aliphatic carbocycles. The third-order valence-corrected chi connectivity index (χ3v) is 4.02. The molecule has 4 nitrogen and oxygen atoms in total. The Morgan fingerprint density at radius 2 is 1.78 bits per heavy atom. The lowest BCUT2D eigenvalue weighted by Crippen LogP contribution is -2.14. The second kappa shape index (κ2) is 7.68. The standard InChI is InChI=1S/C16H12Cl3NO3/c1-2-23-16(22)9-4-3-5-10(8-9)20-15(21)13-11(17)6-7-12(18)14(13)19/h3-8H,2H2,1H3,(H,20,21). The minimum Gasteiger partial charge on any atom is -0.462 e. The summed E-state index contributed by atoms with van der Waals surface area (Å²) in [4.78, 5) is 24.1. The largest absolute Gasteiger partial charge is 0.462 e. The molecule has 23 heavy (non-hydrogen) atoms. The summed E-state index contributed by atoms with van der Waals surface area (Å²) in [6, 6.07) is 9.34. The first-order chi connectivity index (χ1) is 10.9. The Morgan fingerprint density at radius 3 is 2.48 bits per heavy atom. The molecule has 0 atom stereocenters. The summed E-state index contributed by atoms with van der Waals surface area (Å²) in [6.07, 6.45) is 0. The SMILES string of the molecule is CCOC(=O)c1cccc(NC(=O)c2c(Cl)ccc(Cl)c2Cl)c1. The fourth-order valence-electron chi connectivity index (χ4n) is 1.87. The molecule has 0 saturated heterocycles. The molecule has 0 bridgehead atoms. The van der Waals surface area contributed by atoms with Gasteiger partial charge < -0.3 is 10.1 Å². The van der Waals surface area contributed by atoms with Crippen LogP contribution in [-0.4, -0.2) is 18.5 Å². The smallest absolute Gasteiger partial charge is 0.338 e. The monoisotopic (exact) mass is 371 g/mol. The number of hydrogen-bond acceptors (Lipinski definition) is 3. The number of hydrogen-bond donors (Lipinski definition) is 1. The van der Waals surface area contributed by atoms with Gasteiger partial charge in [0, 0.05) is 5.69 Å². The molecule has 0 spiro atoms. The highest BCUT2D eigenvalue weighted by Gasteiger charge is 2.18. The maximum atomic E-state index is 12.4. The Morgan fingerprint density at radius 1 is 1.09 bits per heavy atom. The van der Waals surface area contributed by atoms with Crippen LogP contribution in [0.25, 0.3) is 0 Å². The maximum absolute atomic E-state index is 12.4. The number of amides is 1. The average molecular weight is 373 g/mol. The zero-order valence-corrected chi connectivity index (χ0v) is 14.3. The van der Waals surface area contributed by atoms with E-state index >= 15 is 0 Å². The molecule has 0 aliphatic heterocycles. The number of carbonyl (C=O) groups is 2.